The zero-order valence-electron chi connectivity index (χ0n) is 11.5. The number of hydrogen-bond donors (Lipinski definition) is 1. The van der Waals surface area contributed by atoms with Crippen LogP contribution in [0.1, 0.15) is 39.7 Å². The van der Waals surface area contributed by atoms with Gasteiger partial charge in [0, 0.05) is 12.6 Å². The van der Waals surface area contributed by atoms with Crippen LogP contribution in [-0.4, -0.2) is 29.1 Å². The van der Waals surface area contributed by atoms with E-state index in [4.69, 9.17) is 0 Å². The highest BCUT2D eigenvalue weighted by atomic mass is 16.3. The minimum atomic E-state index is -0.777. The first kappa shape index (κ1) is 14.2. The highest BCUT2D eigenvalue weighted by molar-refractivity contribution is 5.21. The van der Waals surface area contributed by atoms with Gasteiger partial charge in [0.15, 0.2) is 0 Å². The molecule has 1 atom stereocenters. The summed E-state index contributed by atoms with van der Waals surface area (Å²) in [6.07, 6.45) is 1.11. The van der Waals surface area contributed by atoms with Crippen molar-refractivity contribution in [2.75, 3.05) is 13.1 Å². The molecule has 0 aromatic heterocycles. The Morgan fingerprint density at radius 3 is 2.29 bits per heavy atom. The maximum atomic E-state index is 10.6. The molecule has 1 unspecified atom stereocenters. The zero-order valence-corrected chi connectivity index (χ0v) is 11.5. The third-order valence-electron chi connectivity index (χ3n) is 3.15. The molecule has 0 aliphatic carbocycles. The summed E-state index contributed by atoms with van der Waals surface area (Å²) < 4.78 is 0. The molecule has 0 saturated carbocycles. The van der Waals surface area contributed by atoms with Crippen LogP contribution >= 0.6 is 0 Å². The Kier molecular flexibility index (Phi) is 5.16. The van der Waals surface area contributed by atoms with Crippen LogP contribution in [0.3, 0.4) is 0 Å². The second kappa shape index (κ2) is 6.18. The van der Waals surface area contributed by atoms with Gasteiger partial charge in [0.25, 0.3) is 0 Å². The van der Waals surface area contributed by atoms with E-state index < -0.39 is 5.60 Å². The molecule has 2 nitrogen and oxygen atoms in total. The summed E-state index contributed by atoms with van der Waals surface area (Å²) in [4.78, 5) is 2.33. The van der Waals surface area contributed by atoms with Crippen LogP contribution in [0.15, 0.2) is 30.3 Å². The van der Waals surface area contributed by atoms with Gasteiger partial charge in [-0.15, -0.1) is 0 Å². The quantitative estimate of drug-likeness (QED) is 0.819. The summed E-state index contributed by atoms with van der Waals surface area (Å²) in [5, 5.41) is 10.6. The molecule has 0 bridgehead atoms. The second-order valence-electron chi connectivity index (χ2n) is 5.20. The minimum absolute atomic E-state index is 0.463. The van der Waals surface area contributed by atoms with Crippen molar-refractivity contribution in [2.24, 2.45) is 0 Å². The summed E-state index contributed by atoms with van der Waals surface area (Å²) in [6, 6.07) is 10.4. The molecule has 1 rings (SSSR count). The number of hydrogen-bond acceptors (Lipinski definition) is 2. The van der Waals surface area contributed by atoms with Gasteiger partial charge >= 0.3 is 0 Å². The van der Waals surface area contributed by atoms with Crippen LogP contribution in [0.25, 0.3) is 0 Å². The summed E-state index contributed by atoms with van der Waals surface area (Å²) in [5.74, 6) is 0. The third kappa shape index (κ3) is 4.14. The van der Waals surface area contributed by atoms with Crippen molar-refractivity contribution in [3.8, 4) is 0 Å². The van der Waals surface area contributed by atoms with E-state index in [0.29, 0.717) is 12.6 Å². The van der Waals surface area contributed by atoms with Gasteiger partial charge < -0.3 is 5.11 Å². The van der Waals surface area contributed by atoms with Gasteiger partial charge in [-0.1, -0.05) is 37.3 Å². The van der Waals surface area contributed by atoms with E-state index >= 15 is 0 Å². The molecule has 0 aliphatic rings. The molecule has 0 heterocycles. The van der Waals surface area contributed by atoms with Crippen molar-refractivity contribution < 1.29 is 5.11 Å². The van der Waals surface area contributed by atoms with Gasteiger partial charge in [-0.2, -0.15) is 0 Å². The molecule has 0 saturated heterocycles. The van der Waals surface area contributed by atoms with E-state index in [0.717, 1.165) is 18.5 Å². The maximum Gasteiger partial charge on any atom is 0.0994 e. The number of nitrogens with zero attached hydrogens (tertiary/aromatic N) is 1. The van der Waals surface area contributed by atoms with Crippen molar-refractivity contribution in [3.05, 3.63) is 35.9 Å². The van der Waals surface area contributed by atoms with Crippen LogP contribution in [0.4, 0.5) is 0 Å². The largest absolute Gasteiger partial charge is 0.384 e. The predicted octanol–water partition coefficient (Wildman–Crippen LogP) is 3.01. The Hall–Kier alpha value is -0.860. The highest BCUT2D eigenvalue weighted by Crippen LogP contribution is 2.22. The van der Waals surface area contributed by atoms with Gasteiger partial charge in [0.05, 0.1) is 5.60 Å². The summed E-state index contributed by atoms with van der Waals surface area (Å²) in [6.45, 7) is 10.1. The fraction of sp³-hybridized carbons (Fsp3) is 0.600. The van der Waals surface area contributed by atoms with E-state index in [1.54, 1.807) is 0 Å². The summed E-state index contributed by atoms with van der Waals surface area (Å²) in [7, 11) is 0. The topological polar surface area (TPSA) is 23.5 Å². The van der Waals surface area contributed by atoms with Crippen LogP contribution < -0.4 is 0 Å². The van der Waals surface area contributed by atoms with Gasteiger partial charge in [-0.3, -0.25) is 4.90 Å². The molecule has 0 amide bonds. The molecule has 2 heteroatoms. The van der Waals surface area contributed by atoms with Crippen LogP contribution in [0, 0.1) is 0 Å². The molecule has 1 aromatic rings. The average Bonchev–Trinajstić information content (AvgIpc) is 2.29. The van der Waals surface area contributed by atoms with Crippen molar-refractivity contribution in [2.45, 2.75) is 45.8 Å². The van der Waals surface area contributed by atoms with Gasteiger partial charge in [-0.05, 0) is 39.3 Å². The smallest absolute Gasteiger partial charge is 0.0994 e. The lowest BCUT2D eigenvalue weighted by molar-refractivity contribution is 0.00639. The molecule has 0 spiro atoms. The number of benzene rings is 1. The van der Waals surface area contributed by atoms with Crippen molar-refractivity contribution in [3.63, 3.8) is 0 Å². The average molecular weight is 235 g/mol. The number of rotatable bonds is 6. The van der Waals surface area contributed by atoms with E-state index in [9.17, 15) is 5.11 Å². The molecule has 96 valence electrons. The lowest BCUT2D eigenvalue weighted by Crippen LogP contribution is -2.42. The first-order valence-electron chi connectivity index (χ1n) is 6.49. The molecule has 1 aromatic carbocycles. The maximum absolute atomic E-state index is 10.6. The van der Waals surface area contributed by atoms with Crippen molar-refractivity contribution in [1.29, 1.82) is 0 Å². The Morgan fingerprint density at radius 1 is 1.24 bits per heavy atom. The van der Waals surface area contributed by atoms with Crippen LogP contribution in [0.5, 0.6) is 0 Å². The minimum Gasteiger partial charge on any atom is -0.384 e. The molecule has 0 fully saturated rings. The first-order chi connectivity index (χ1) is 7.97. The van der Waals surface area contributed by atoms with Crippen LogP contribution in [0.2, 0.25) is 0 Å². The predicted molar refractivity (Wildman–Crippen MR) is 73.0 cm³/mol. The van der Waals surface area contributed by atoms with Crippen molar-refractivity contribution in [1.82, 2.24) is 4.90 Å². The molecule has 0 radical (unpaired) electrons. The van der Waals surface area contributed by atoms with E-state index in [-0.39, 0.29) is 0 Å². The Morgan fingerprint density at radius 2 is 1.82 bits per heavy atom. The second-order valence-corrected chi connectivity index (χ2v) is 5.20. The van der Waals surface area contributed by atoms with Gasteiger partial charge in [0.1, 0.15) is 0 Å². The van der Waals surface area contributed by atoms with E-state index in [1.807, 2.05) is 37.3 Å². The van der Waals surface area contributed by atoms with Gasteiger partial charge in [0.2, 0.25) is 0 Å². The van der Waals surface area contributed by atoms with Crippen molar-refractivity contribution >= 4 is 0 Å². The molecular weight excluding hydrogens is 210 g/mol. The molecular formula is C15H25NO. The Bertz CT molecular complexity index is 319. The molecule has 0 aliphatic heterocycles. The summed E-state index contributed by atoms with van der Waals surface area (Å²) in [5.41, 5.74) is 0.211. The molecule has 1 N–H and O–H groups in total. The van der Waals surface area contributed by atoms with E-state index in [2.05, 4.69) is 25.7 Å². The third-order valence-corrected chi connectivity index (χ3v) is 3.15. The fourth-order valence-electron chi connectivity index (χ4n) is 2.09. The Balaban J connectivity index is 2.77. The number of aliphatic hydroxyl groups is 1. The monoisotopic (exact) mass is 235 g/mol. The fourth-order valence-corrected chi connectivity index (χ4v) is 2.09. The molecule has 17 heavy (non-hydrogen) atoms. The van der Waals surface area contributed by atoms with E-state index in [1.165, 1.54) is 0 Å². The normalized spacial score (nSPS) is 15.2. The van der Waals surface area contributed by atoms with Crippen LogP contribution in [-0.2, 0) is 5.60 Å². The lowest BCUT2D eigenvalue weighted by Gasteiger charge is -2.34. The lowest BCUT2D eigenvalue weighted by atomic mass is 9.95. The summed E-state index contributed by atoms with van der Waals surface area (Å²) >= 11 is 0. The Labute approximate surface area is 105 Å². The zero-order chi connectivity index (χ0) is 12.9. The first-order valence-corrected chi connectivity index (χ1v) is 6.49. The highest BCUT2D eigenvalue weighted by Gasteiger charge is 2.26. The standard InChI is InChI=1S/C15H25NO/c1-5-11-16(13(2)3)12-15(4,17)14-9-7-6-8-10-14/h6-10,13,17H,5,11-12H2,1-4H3. The van der Waals surface area contributed by atoms with Gasteiger partial charge in [-0.25, -0.2) is 0 Å². The SMILES string of the molecule is CCCN(CC(C)(O)c1ccccc1)C(C)C.